The van der Waals surface area contributed by atoms with Crippen molar-refractivity contribution in [3.8, 4) is 0 Å². The van der Waals surface area contributed by atoms with Gasteiger partial charge in [0.1, 0.15) is 11.7 Å². The Labute approximate surface area is 169 Å². The number of rotatable bonds is 2. The molecule has 7 unspecified atom stereocenters. The van der Waals surface area contributed by atoms with Gasteiger partial charge in [-0.1, -0.05) is 25.5 Å². The zero-order valence-corrected chi connectivity index (χ0v) is 18.2. The van der Waals surface area contributed by atoms with Gasteiger partial charge < -0.3 is 9.47 Å². The van der Waals surface area contributed by atoms with Gasteiger partial charge in [0, 0.05) is 25.7 Å². The monoisotopic (exact) mass is 388 g/mol. The number of hydrogen-bond acceptors (Lipinski definition) is 4. The standard InChI is InChI=1S/C24H36O4/c1-15(25)27-21-9-8-19-18-7-6-17-14-22(3,28-16(2)26)12-13-23(17,4)20(18)10-11-24(19,21)5/h6,18-21H,7-14H2,1-5H3. The lowest BCUT2D eigenvalue weighted by atomic mass is 9.47. The van der Waals surface area contributed by atoms with Crippen molar-refractivity contribution in [2.75, 3.05) is 0 Å². The Kier molecular flexibility index (Phi) is 4.71. The van der Waals surface area contributed by atoms with Crippen LogP contribution in [0.1, 0.15) is 86.0 Å². The number of carbonyl (C=O) groups excluding carboxylic acids is 2. The summed E-state index contributed by atoms with van der Waals surface area (Å²) in [4.78, 5) is 23.2. The van der Waals surface area contributed by atoms with Crippen molar-refractivity contribution in [3.05, 3.63) is 11.6 Å². The summed E-state index contributed by atoms with van der Waals surface area (Å²) in [5.74, 6) is 1.72. The minimum atomic E-state index is -0.346. The van der Waals surface area contributed by atoms with Gasteiger partial charge in [0.05, 0.1) is 0 Å². The maximum absolute atomic E-state index is 11.6. The van der Waals surface area contributed by atoms with E-state index in [0.29, 0.717) is 17.8 Å². The van der Waals surface area contributed by atoms with Gasteiger partial charge in [0.2, 0.25) is 0 Å². The summed E-state index contributed by atoms with van der Waals surface area (Å²) in [5.41, 5.74) is 1.53. The van der Waals surface area contributed by atoms with Crippen molar-refractivity contribution in [1.29, 1.82) is 0 Å². The fourth-order valence-corrected chi connectivity index (χ4v) is 7.57. The normalized spacial score (nSPS) is 47.2. The summed E-state index contributed by atoms with van der Waals surface area (Å²) >= 11 is 0. The Morgan fingerprint density at radius 1 is 0.964 bits per heavy atom. The molecular weight excluding hydrogens is 352 g/mol. The number of esters is 2. The fourth-order valence-electron chi connectivity index (χ4n) is 7.57. The van der Waals surface area contributed by atoms with Crippen LogP contribution in [0.3, 0.4) is 0 Å². The molecule has 156 valence electrons. The second-order valence-corrected chi connectivity index (χ2v) is 10.7. The number of ether oxygens (including phenoxy) is 2. The average molecular weight is 389 g/mol. The molecule has 0 saturated heterocycles. The molecule has 0 radical (unpaired) electrons. The molecule has 0 heterocycles. The van der Waals surface area contributed by atoms with E-state index in [-0.39, 0.29) is 34.5 Å². The fraction of sp³-hybridized carbons (Fsp3) is 0.833. The molecule has 0 spiro atoms. The highest BCUT2D eigenvalue weighted by Crippen LogP contribution is 2.66. The van der Waals surface area contributed by atoms with E-state index < -0.39 is 0 Å². The predicted molar refractivity (Wildman–Crippen MR) is 107 cm³/mol. The molecule has 4 rings (SSSR count). The Balaban J connectivity index is 1.58. The van der Waals surface area contributed by atoms with Gasteiger partial charge in [0.15, 0.2) is 0 Å². The van der Waals surface area contributed by atoms with Gasteiger partial charge >= 0.3 is 11.9 Å². The molecule has 3 saturated carbocycles. The molecule has 4 aliphatic carbocycles. The van der Waals surface area contributed by atoms with E-state index in [1.807, 2.05) is 0 Å². The van der Waals surface area contributed by atoms with Crippen LogP contribution < -0.4 is 0 Å². The van der Waals surface area contributed by atoms with E-state index in [9.17, 15) is 9.59 Å². The zero-order valence-electron chi connectivity index (χ0n) is 18.2. The molecule has 4 nitrogen and oxygen atoms in total. The van der Waals surface area contributed by atoms with E-state index in [2.05, 4.69) is 26.8 Å². The third-order valence-electron chi connectivity index (χ3n) is 8.97. The van der Waals surface area contributed by atoms with E-state index >= 15 is 0 Å². The van der Waals surface area contributed by atoms with Crippen LogP contribution in [-0.4, -0.2) is 23.6 Å². The molecule has 0 N–H and O–H groups in total. The van der Waals surface area contributed by atoms with Crippen molar-refractivity contribution in [1.82, 2.24) is 0 Å². The lowest BCUT2D eigenvalue weighted by molar-refractivity contribution is -0.161. The molecule has 28 heavy (non-hydrogen) atoms. The summed E-state index contributed by atoms with van der Waals surface area (Å²) in [6.45, 7) is 9.99. The number of hydrogen-bond donors (Lipinski definition) is 0. The van der Waals surface area contributed by atoms with Gasteiger partial charge in [-0.25, -0.2) is 0 Å². The topological polar surface area (TPSA) is 52.6 Å². The smallest absolute Gasteiger partial charge is 0.303 e. The number of fused-ring (bicyclic) bond motifs is 5. The summed E-state index contributed by atoms with van der Waals surface area (Å²) in [7, 11) is 0. The molecule has 0 aliphatic heterocycles. The first-order chi connectivity index (χ1) is 13.1. The summed E-state index contributed by atoms with van der Waals surface area (Å²) in [6, 6.07) is 0. The molecular formula is C24H36O4. The Hall–Kier alpha value is -1.32. The lowest BCUT2D eigenvalue weighted by Gasteiger charge is -2.58. The second-order valence-electron chi connectivity index (χ2n) is 10.7. The molecule has 0 amide bonds. The van der Waals surface area contributed by atoms with Gasteiger partial charge in [-0.2, -0.15) is 0 Å². The first kappa shape index (κ1) is 20.0. The Morgan fingerprint density at radius 3 is 2.39 bits per heavy atom. The van der Waals surface area contributed by atoms with Crippen molar-refractivity contribution in [3.63, 3.8) is 0 Å². The van der Waals surface area contributed by atoms with Gasteiger partial charge in [-0.15, -0.1) is 0 Å². The molecule has 0 aromatic carbocycles. The largest absolute Gasteiger partial charge is 0.462 e. The second kappa shape index (κ2) is 6.60. The van der Waals surface area contributed by atoms with Crippen molar-refractivity contribution in [2.24, 2.45) is 28.6 Å². The van der Waals surface area contributed by atoms with Crippen LogP contribution in [0.15, 0.2) is 11.6 Å². The predicted octanol–water partition coefficient (Wildman–Crippen LogP) is 5.20. The first-order valence-corrected chi connectivity index (χ1v) is 11.1. The van der Waals surface area contributed by atoms with E-state index in [1.165, 1.54) is 25.3 Å². The van der Waals surface area contributed by atoms with Gasteiger partial charge in [0.25, 0.3) is 0 Å². The highest BCUT2D eigenvalue weighted by Gasteiger charge is 2.60. The minimum absolute atomic E-state index is 0.0905. The van der Waals surface area contributed by atoms with Crippen LogP contribution in [0, 0.1) is 28.6 Å². The maximum atomic E-state index is 11.6. The van der Waals surface area contributed by atoms with Crippen LogP contribution in [0.25, 0.3) is 0 Å². The summed E-state index contributed by atoms with van der Waals surface area (Å²) < 4.78 is 11.5. The van der Waals surface area contributed by atoms with Crippen LogP contribution in [-0.2, 0) is 19.1 Å². The van der Waals surface area contributed by atoms with Crippen LogP contribution >= 0.6 is 0 Å². The first-order valence-electron chi connectivity index (χ1n) is 11.1. The van der Waals surface area contributed by atoms with E-state index in [1.54, 1.807) is 6.92 Å². The van der Waals surface area contributed by atoms with E-state index in [0.717, 1.165) is 38.5 Å². The average Bonchev–Trinajstić information content (AvgIpc) is 2.91. The van der Waals surface area contributed by atoms with Crippen molar-refractivity contribution in [2.45, 2.75) is 97.7 Å². The maximum Gasteiger partial charge on any atom is 0.303 e. The highest BCUT2D eigenvalue weighted by atomic mass is 16.6. The molecule has 0 bridgehead atoms. The van der Waals surface area contributed by atoms with Crippen molar-refractivity contribution >= 4 is 11.9 Å². The van der Waals surface area contributed by atoms with Gasteiger partial charge in [-0.05, 0) is 75.0 Å². The van der Waals surface area contributed by atoms with Gasteiger partial charge in [-0.3, -0.25) is 9.59 Å². The third-order valence-corrected chi connectivity index (χ3v) is 8.97. The quantitative estimate of drug-likeness (QED) is 0.482. The van der Waals surface area contributed by atoms with Crippen LogP contribution in [0.5, 0.6) is 0 Å². The molecule has 7 atom stereocenters. The molecule has 4 aliphatic rings. The number of carbonyl (C=O) groups is 2. The van der Waals surface area contributed by atoms with E-state index in [4.69, 9.17) is 9.47 Å². The Bertz CT molecular complexity index is 711. The molecule has 0 aromatic heterocycles. The lowest BCUT2D eigenvalue weighted by Crippen LogP contribution is -2.53. The summed E-state index contributed by atoms with van der Waals surface area (Å²) in [6.07, 6.45) is 11.2. The van der Waals surface area contributed by atoms with Crippen molar-refractivity contribution < 1.29 is 19.1 Å². The highest BCUT2D eigenvalue weighted by molar-refractivity contribution is 5.66. The Morgan fingerprint density at radius 2 is 1.71 bits per heavy atom. The van der Waals surface area contributed by atoms with Crippen LogP contribution in [0.4, 0.5) is 0 Å². The summed E-state index contributed by atoms with van der Waals surface area (Å²) in [5, 5.41) is 0. The molecule has 3 fully saturated rings. The minimum Gasteiger partial charge on any atom is -0.462 e. The molecule has 4 heteroatoms. The molecule has 0 aromatic rings. The number of allylic oxidation sites excluding steroid dienone is 1. The zero-order chi connectivity index (χ0) is 20.3. The van der Waals surface area contributed by atoms with Crippen LogP contribution in [0.2, 0.25) is 0 Å². The SMILES string of the molecule is CC(=O)OC1CCC2C3CC=C4CC(C)(OC(C)=O)CCC4(C)C3CCC12C. The third kappa shape index (κ3) is 3.02.